The molecular weight excluding hydrogens is 408 g/mol. The van der Waals surface area contributed by atoms with Crippen LogP contribution in [0.3, 0.4) is 0 Å². The fourth-order valence-electron chi connectivity index (χ4n) is 3.96. The lowest BCUT2D eigenvalue weighted by Crippen LogP contribution is -2.27. The molecule has 3 rings (SSSR count). The van der Waals surface area contributed by atoms with Gasteiger partial charge in [-0.05, 0) is 73.8 Å². The minimum atomic E-state index is -0.482. The molecular formula is C25H32N2O3S. The molecule has 0 aliphatic heterocycles. The van der Waals surface area contributed by atoms with Crippen molar-refractivity contribution in [1.82, 2.24) is 0 Å². The minimum absolute atomic E-state index is 0.0810. The number of benzene rings is 1. The highest BCUT2D eigenvalue weighted by molar-refractivity contribution is 7.17. The largest absolute Gasteiger partial charge is 0.491 e. The van der Waals surface area contributed by atoms with Crippen molar-refractivity contribution in [1.29, 1.82) is 0 Å². The Morgan fingerprint density at radius 3 is 2.68 bits per heavy atom. The highest BCUT2D eigenvalue weighted by atomic mass is 32.1. The lowest BCUT2D eigenvalue weighted by molar-refractivity contribution is -0.111. The van der Waals surface area contributed by atoms with Crippen LogP contribution < -0.4 is 15.8 Å². The van der Waals surface area contributed by atoms with Crippen molar-refractivity contribution in [2.45, 2.75) is 60.0 Å². The molecule has 0 saturated heterocycles. The first-order valence-electron chi connectivity index (χ1n) is 10.7. The molecule has 1 aromatic carbocycles. The number of hydrogen-bond donors (Lipinski definition) is 2. The van der Waals surface area contributed by atoms with Gasteiger partial charge in [-0.25, -0.2) is 0 Å². The smallest absolute Gasteiger partial charge is 0.251 e. The van der Waals surface area contributed by atoms with Crippen LogP contribution in [0.15, 0.2) is 30.3 Å². The molecule has 31 heavy (non-hydrogen) atoms. The molecule has 1 aliphatic rings. The van der Waals surface area contributed by atoms with Gasteiger partial charge < -0.3 is 15.8 Å². The summed E-state index contributed by atoms with van der Waals surface area (Å²) in [7, 11) is 0. The Bertz CT molecular complexity index is 999. The van der Waals surface area contributed by atoms with E-state index in [1.807, 2.05) is 38.1 Å². The summed E-state index contributed by atoms with van der Waals surface area (Å²) in [5.41, 5.74) is 8.23. The van der Waals surface area contributed by atoms with E-state index in [2.05, 4.69) is 26.1 Å². The van der Waals surface area contributed by atoms with Gasteiger partial charge in [-0.3, -0.25) is 9.59 Å². The molecule has 5 nitrogen and oxygen atoms in total. The number of carbonyl (C=O) groups is 2. The van der Waals surface area contributed by atoms with E-state index in [1.165, 1.54) is 17.4 Å². The normalized spacial score (nSPS) is 16.4. The van der Waals surface area contributed by atoms with Crippen molar-refractivity contribution in [3.63, 3.8) is 0 Å². The Labute approximate surface area is 188 Å². The Hall–Kier alpha value is -2.60. The minimum Gasteiger partial charge on any atom is -0.491 e. The number of rotatable bonds is 6. The molecule has 0 spiro atoms. The maximum Gasteiger partial charge on any atom is 0.251 e. The zero-order valence-electron chi connectivity index (χ0n) is 19.0. The van der Waals surface area contributed by atoms with Gasteiger partial charge in [0.25, 0.3) is 5.91 Å². The predicted molar refractivity (Wildman–Crippen MR) is 128 cm³/mol. The van der Waals surface area contributed by atoms with Crippen LogP contribution in [0.2, 0.25) is 0 Å². The van der Waals surface area contributed by atoms with E-state index in [9.17, 15) is 9.59 Å². The van der Waals surface area contributed by atoms with Crippen LogP contribution in [0, 0.1) is 11.3 Å². The molecule has 1 heterocycles. The number of thiophene rings is 1. The first-order chi connectivity index (χ1) is 14.5. The summed E-state index contributed by atoms with van der Waals surface area (Å²) in [6.45, 7) is 10.7. The summed E-state index contributed by atoms with van der Waals surface area (Å²) < 4.78 is 5.69. The van der Waals surface area contributed by atoms with Gasteiger partial charge in [0.15, 0.2) is 0 Å². The average molecular weight is 441 g/mol. The topological polar surface area (TPSA) is 81.4 Å². The lowest BCUT2D eigenvalue weighted by Gasteiger charge is -2.33. The van der Waals surface area contributed by atoms with Crippen LogP contribution in [0.4, 0.5) is 5.00 Å². The summed E-state index contributed by atoms with van der Waals surface area (Å²) in [6, 6.07) is 7.56. The Morgan fingerprint density at radius 2 is 2.03 bits per heavy atom. The second-order valence-corrected chi connectivity index (χ2v) is 10.5. The highest BCUT2D eigenvalue weighted by Gasteiger charge is 2.33. The Morgan fingerprint density at radius 1 is 1.29 bits per heavy atom. The molecule has 1 unspecified atom stereocenters. The van der Waals surface area contributed by atoms with E-state index >= 15 is 0 Å². The number of ether oxygens (including phenoxy) is 1. The molecule has 0 fully saturated rings. The van der Waals surface area contributed by atoms with Crippen molar-refractivity contribution in [2.75, 3.05) is 5.32 Å². The van der Waals surface area contributed by atoms with Crippen LogP contribution in [0.5, 0.6) is 5.75 Å². The van der Waals surface area contributed by atoms with Crippen molar-refractivity contribution in [2.24, 2.45) is 17.1 Å². The van der Waals surface area contributed by atoms with Crippen molar-refractivity contribution >= 4 is 34.2 Å². The number of nitrogens with one attached hydrogen (secondary N) is 1. The predicted octanol–water partition coefficient (Wildman–Crippen LogP) is 5.44. The van der Waals surface area contributed by atoms with Gasteiger partial charge in [0, 0.05) is 11.0 Å². The summed E-state index contributed by atoms with van der Waals surface area (Å²) in [4.78, 5) is 25.9. The zero-order chi connectivity index (χ0) is 22.8. The van der Waals surface area contributed by atoms with Crippen molar-refractivity contribution in [3.8, 4) is 5.75 Å². The van der Waals surface area contributed by atoms with Crippen LogP contribution in [-0.2, 0) is 17.6 Å². The fourth-order valence-corrected chi connectivity index (χ4v) is 5.30. The van der Waals surface area contributed by atoms with Gasteiger partial charge in [-0.15, -0.1) is 11.3 Å². The van der Waals surface area contributed by atoms with Gasteiger partial charge in [0.05, 0.1) is 11.7 Å². The quantitative estimate of drug-likeness (QED) is 0.587. The van der Waals surface area contributed by atoms with E-state index in [-0.39, 0.29) is 17.4 Å². The molecule has 0 saturated carbocycles. The molecule has 166 valence electrons. The monoisotopic (exact) mass is 440 g/mol. The summed E-state index contributed by atoms with van der Waals surface area (Å²) in [5.74, 6) is 0.532. The number of amides is 2. The average Bonchev–Trinajstić information content (AvgIpc) is 3.02. The molecule has 0 radical (unpaired) electrons. The van der Waals surface area contributed by atoms with Gasteiger partial charge in [0.1, 0.15) is 10.8 Å². The van der Waals surface area contributed by atoms with E-state index in [0.717, 1.165) is 41.0 Å². The third-order valence-corrected chi connectivity index (χ3v) is 6.80. The van der Waals surface area contributed by atoms with E-state index in [0.29, 0.717) is 16.5 Å². The summed E-state index contributed by atoms with van der Waals surface area (Å²) >= 11 is 1.48. The van der Waals surface area contributed by atoms with Crippen LogP contribution in [-0.4, -0.2) is 17.9 Å². The molecule has 1 atom stereocenters. The number of nitrogens with two attached hydrogens (primary N) is 1. The highest BCUT2D eigenvalue weighted by Crippen LogP contribution is 2.44. The standard InChI is InChI=1S/C25H32N2O3S/c1-15(2)30-18-8-6-7-16(13-18)9-12-21(28)27-24-22(23(26)29)19-11-10-17(25(3,4)5)14-20(19)31-24/h6-9,12-13,15,17H,10-11,14H2,1-5H3,(H2,26,29)(H,27,28)/b12-9+. The number of anilines is 1. The first-order valence-corrected chi connectivity index (χ1v) is 11.6. The maximum atomic E-state index is 12.6. The van der Waals surface area contributed by atoms with Gasteiger partial charge in [0.2, 0.25) is 5.91 Å². The molecule has 1 aliphatic carbocycles. The third kappa shape index (κ3) is 5.76. The Kier molecular flexibility index (Phi) is 6.90. The van der Waals surface area contributed by atoms with E-state index in [4.69, 9.17) is 10.5 Å². The third-order valence-electron chi connectivity index (χ3n) is 5.63. The molecule has 2 amide bonds. The van der Waals surface area contributed by atoms with Crippen molar-refractivity contribution in [3.05, 3.63) is 51.9 Å². The van der Waals surface area contributed by atoms with Crippen LogP contribution in [0.25, 0.3) is 6.08 Å². The van der Waals surface area contributed by atoms with E-state index in [1.54, 1.807) is 6.08 Å². The molecule has 1 aromatic heterocycles. The number of primary amides is 1. The van der Waals surface area contributed by atoms with Gasteiger partial charge >= 0.3 is 0 Å². The second kappa shape index (κ2) is 9.27. The fraction of sp³-hybridized carbons (Fsp3) is 0.440. The molecule has 3 N–H and O–H groups in total. The summed E-state index contributed by atoms with van der Waals surface area (Å²) in [5, 5.41) is 3.43. The molecule has 2 aromatic rings. The maximum absolute atomic E-state index is 12.6. The second-order valence-electron chi connectivity index (χ2n) is 9.44. The SMILES string of the molecule is CC(C)Oc1cccc(/C=C/C(=O)Nc2sc3c(c2C(N)=O)CCC(C(C)(C)C)C3)c1. The van der Waals surface area contributed by atoms with Gasteiger partial charge in [-0.1, -0.05) is 32.9 Å². The van der Waals surface area contributed by atoms with E-state index < -0.39 is 5.91 Å². The van der Waals surface area contributed by atoms with Crippen molar-refractivity contribution < 1.29 is 14.3 Å². The zero-order valence-corrected chi connectivity index (χ0v) is 19.8. The lowest BCUT2D eigenvalue weighted by atomic mass is 9.72. The first kappa shape index (κ1) is 23.1. The van der Waals surface area contributed by atoms with Gasteiger partial charge in [-0.2, -0.15) is 0 Å². The Balaban J connectivity index is 1.77. The molecule has 6 heteroatoms. The van der Waals surface area contributed by atoms with Crippen LogP contribution in [0.1, 0.15) is 67.4 Å². The number of hydrogen-bond acceptors (Lipinski definition) is 4. The number of carbonyl (C=O) groups excluding carboxylic acids is 2. The molecule has 0 bridgehead atoms. The van der Waals surface area contributed by atoms with Crippen LogP contribution >= 0.6 is 11.3 Å². The number of fused-ring (bicyclic) bond motifs is 1. The summed E-state index contributed by atoms with van der Waals surface area (Å²) in [6.07, 6.45) is 6.04.